The highest BCUT2D eigenvalue weighted by molar-refractivity contribution is 4.95. The van der Waals surface area contributed by atoms with E-state index in [0.29, 0.717) is 6.04 Å². The quantitative estimate of drug-likeness (QED) is 0.593. The molecule has 1 saturated heterocycles. The molecule has 2 heteroatoms. The molecule has 0 saturated carbocycles. The van der Waals surface area contributed by atoms with Crippen LogP contribution in [-0.4, -0.2) is 12.6 Å². The molecule has 2 nitrogen and oxygen atoms in total. The number of nitrogens with zero attached hydrogens (tertiary/aromatic N) is 1. The maximum atomic E-state index is 8.57. The summed E-state index contributed by atoms with van der Waals surface area (Å²) >= 11 is 0. The molecule has 1 aliphatic rings. The van der Waals surface area contributed by atoms with Crippen molar-refractivity contribution in [2.24, 2.45) is 5.92 Å². The molecule has 0 aromatic heterocycles. The van der Waals surface area contributed by atoms with Gasteiger partial charge in [-0.15, -0.1) is 0 Å². The van der Waals surface area contributed by atoms with Crippen LogP contribution in [0.3, 0.4) is 0 Å². The summed E-state index contributed by atoms with van der Waals surface area (Å²) in [5.74, 6) is 0.249. The summed E-state index contributed by atoms with van der Waals surface area (Å²) < 4.78 is 0. The fourth-order valence-electron chi connectivity index (χ4n) is 1.12. The van der Waals surface area contributed by atoms with Crippen LogP contribution < -0.4 is 5.32 Å². The van der Waals surface area contributed by atoms with E-state index in [1.807, 2.05) is 0 Å². The molecule has 1 rings (SSSR count). The van der Waals surface area contributed by atoms with Gasteiger partial charge in [-0.25, -0.2) is 0 Å². The number of nitriles is 1. The zero-order valence-corrected chi connectivity index (χ0v) is 5.72. The maximum Gasteiger partial charge on any atom is 0.0672 e. The van der Waals surface area contributed by atoms with Gasteiger partial charge in [0.2, 0.25) is 0 Å². The molecule has 50 valence electrons. The van der Waals surface area contributed by atoms with Crippen LogP contribution in [0.5, 0.6) is 0 Å². The highest BCUT2D eigenvalue weighted by atomic mass is 15.0. The summed E-state index contributed by atoms with van der Waals surface area (Å²) in [6.45, 7) is 3.16. The van der Waals surface area contributed by atoms with E-state index in [9.17, 15) is 0 Å². The third kappa shape index (κ3) is 1.22. The Hall–Kier alpha value is -0.550. The van der Waals surface area contributed by atoms with Gasteiger partial charge in [0.1, 0.15) is 0 Å². The van der Waals surface area contributed by atoms with Gasteiger partial charge in [0.05, 0.1) is 12.0 Å². The van der Waals surface area contributed by atoms with Gasteiger partial charge in [-0.2, -0.15) is 5.26 Å². The van der Waals surface area contributed by atoms with E-state index in [2.05, 4.69) is 18.3 Å². The molecule has 0 radical (unpaired) electrons. The predicted molar refractivity (Wildman–Crippen MR) is 35.8 cm³/mol. The lowest BCUT2D eigenvalue weighted by molar-refractivity contribution is 0.297. The van der Waals surface area contributed by atoms with Crippen molar-refractivity contribution in [2.75, 3.05) is 6.54 Å². The zero-order valence-electron chi connectivity index (χ0n) is 5.72. The van der Waals surface area contributed by atoms with Crippen molar-refractivity contribution in [3.8, 4) is 6.07 Å². The van der Waals surface area contributed by atoms with Gasteiger partial charge in [-0.05, 0) is 19.4 Å². The lowest BCUT2D eigenvalue weighted by Gasteiger charge is -2.30. The van der Waals surface area contributed by atoms with Gasteiger partial charge in [0, 0.05) is 6.04 Å². The van der Waals surface area contributed by atoms with Crippen LogP contribution in [0, 0.1) is 17.2 Å². The maximum absolute atomic E-state index is 8.57. The van der Waals surface area contributed by atoms with Crippen LogP contribution in [-0.2, 0) is 0 Å². The van der Waals surface area contributed by atoms with E-state index in [1.54, 1.807) is 0 Å². The molecule has 0 bridgehead atoms. The largest absolute Gasteiger partial charge is 0.313 e. The Bertz CT molecular complexity index is 121. The molecule has 0 aliphatic carbocycles. The Morgan fingerprint density at radius 2 is 2.56 bits per heavy atom. The highest BCUT2D eigenvalue weighted by Crippen LogP contribution is 2.15. The summed E-state index contributed by atoms with van der Waals surface area (Å²) in [6.07, 6.45) is 2.17. The van der Waals surface area contributed by atoms with Crippen molar-refractivity contribution in [3.05, 3.63) is 0 Å². The molecule has 0 aromatic rings. The second-order valence-corrected chi connectivity index (χ2v) is 2.49. The standard InChI is InChI=1S/C7H12N2/c1-2-6(5-8)7-3-4-9-7/h6-7,9H,2-4H2,1H3. The first kappa shape index (κ1) is 6.57. The molecular formula is C7H12N2. The van der Waals surface area contributed by atoms with Crippen molar-refractivity contribution in [1.29, 1.82) is 5.26 Å². The molecule has 9 heavy (non-hydrogen) atoms. The van der Waals surface area contributed by atoms with Crippen LogP contribution in [0.15, 0.2) is 0 Å². The van der Waals surface area contributed by atoms with Gasteiger partial charge < -0.3 is 5.32 Å². The molecule has 1 N–H and O–H groups in total. The topological polar surface area (TPSA) is 35.8 Å². The van der Waals surface area contributed by atoms with E-state index >= 15 is 0 Å². The molecule has 2 unspecified atom stereocenters. The van der Waals surface area contributed by atoms with Gasteiger partial charge in [-0.1, -0.05) is 6.92 Å². The molecule has 0 aromatic carbocycles. The first-order valence-corrected chi connectivity index (χ1v) is 3.51. The fourth-order valence-corrected chi connectivity index (χ4v) is 1.12. The average Bonchev–Trinajstić information content (AvgIpc) is 1.78. The third-order valence-corrected chi connectivity index (χ3v) is 1.95. The minimum atomic E-state index is 0.249. The van der Waals surface area contributed by atoms with Crippen molar-refractivity contribution < 1.29 is 0 Å². The molecule has 0 amide bonds. The SMILES string of the molecule is CCC(C#N)C1CCN1. The van der Waals surface area contributed by atoms with Crippen LogP contribution in [0.1, 0.15) is 19.8 Å². The van der Waals surface area contributed by atoms with Gasteiger partial charge in [0.25, 0.3) is 0 Å². The van der Waals surface area contributed by atoms with E-state index in [4.69, 9.17) is 5.26 Å². The first-order valence-electron chi connectivity index (χ1n) is 3.51. The van der Waals surface area contributed by atoms with E-state index in [1.165, 1.54) is 6.42 Å². The second kappa shape index (κ2) is 2.84. The van der Waals surface area contributed by atoms with E-state index in [0.717, 1.165) is 13.0 Å². The summed E-state index contributed by atoms with van der Waals surface area (Å²) in [5, 5.41) is 11.8. The summed E-state index contributed by atoms with van der Waals surface area (Å²) in [5.41, 5.74) is 0. The summed E-state index contributed by atoms with van der Waals surface area (Å²) in [6, 6.07) is 2.79. The second-order valence-electron chi connectivity index (χ2n) is 2.49. The fraction of sp³-hybridized carbons (Fsp3) is 0.857. The highest BCUT2D eigenvalue weighted by Gasteiger charge is 2.24. The molecular weight excluding hydrogens is 112 g/mol. The minimum absolute atomic E-state index is 0.249. The minimum Gasteiger partial charge on any atom is -0.313 e. The summed E-state index contributed by atoms with van der Waals surface area (Å²) in [4.78, 5) is 0. The predicted octanol–water partition coefficient (Wildman–Crippen LogP) is 0.898. The van der Waals surface area contributed by atoms with Gasteiger partial charge in [-0.3, -0.25) is 0 Å². The van der Waals surface area contributed by atoms with Crippen molar-refractivity contribution in [1.82, 2.24) is 5.32 Å². The van der Waals surface area contributed by atoms with Crippen LogP contribution in [0.4, 0.5) is 0 Å². The molecule has 0 spiro atoms. The zero-order chi connectivity index (χ0) is 6.69. The van der Waals surface area contributed by atoms with E-state index < -0.39 is 0 Å². The Morgan fingerprint density at radius 1 is 1.89 bits per heavy atom. The number of hydrogen-bond donors (Lipinski definition) is 1. The lowest BCUT2D eigenvalue weighted by Crippen LogP contribution is -2.47. The molecule has 1 heterocycles. The molecule has 1 fully saturated rings. The number of nitrogens with one attached hydrogen (secondary N) is 1. The lowest BCUT2D eigenvalue weighted by atomic mass is 9.91. The van der Waals surface area contributed by atoms with Gasteiger partial charge >= 0.3 is 0 Å². The Balaban J connectivity index is 2.30. The van der Waals surface area contributed by atoms with Crippen molar-refractivity contribution in [3.63, 3.8) is 0 Å². The Morgan fingerprint density at radius 3 is 2.67 bits per heavy atom. The van der Waals surface area contributed by atoms with Crippen molar-refractivity contribution in [2.45, 2.75) is 25.8 Å². The Labute approximate surface area is 55.9 Å². The normalized spacial score (nSPS) is 28.2. The first-order chi connectivity index (χ1) is 4.38. The molecule has 1 aliphatic heterocycles. The monoisotopic (exact) mass is 124 g/mol. The van der Waals surface area contributed by atoms with Crippen LogP contribution in [0.25, 0.3) is 0 Å². The smallest absolute Gasteiger partial charge is 0.0672 e. The average molecular weight is 124 g/mol. The van der Waals surface area contributed by atoms with Crippen molar-refractivity contribution >= 4 is 0 Å². The summed E-state index contributed by atoms with van der Waals surface area (Å²) in [7, 11) is 0. The van der Waals surface area contributed by atoms with Gasteiger partial charge in [0.15, 0.2) is 0 Å². The number of rotatable bonds is 2. The number of hydrogen-bond acceptors (Lipinski definition) is 2. The van der Waals surface area contributed by atoms with E-state index in [-0.39, 0.29) is 5.92 Å². The third-order valence-electron chi connectivity index (χ3n) is 1.95. The van der Waals surface area contributed by atoms with Crippen LogP contribution >= 0.6 is 0 Å². The molecule has 2 atom stereocenters. The van der Waals surface area contributed by atoms with Crippen LogP contribution in [0.2, 0.25) is 0 Å². The Kier molecular flexibility index (Phi) is 2.07.